The Hall–Kier alpha value is -1.77. The van der Waals surface area contributed by atoms with Crippen LogP contribution in [-0.4, -0.2) is 51.9 Å². The van der Waals surface area contributed by atoms with E-state index in [9.17, 15) is 9.90 Å². The van der Waals surface area contributed by atoms with Crippen molar-refractivity contribution < 1.29 is 9.84 Å². The van der Waals surface area contributed by atoms with E-state index in [0.29, 0.717) is 54.5 Å². The van der Waals surface area contributed by atoms with Crippen LogP contribution in [0.25, 0.3) is 21.3 Å². The minimum atomic E-state index is -0.577. The van der Waals surface area contributed by atoms with E-state index in [-0.39, 0.29) is 5.56 Å². The Morgan fingerprint density at radius 3 is 2.79 bits per heavy atom. The maximum Gasteiger partial charge on any atom is 0.260 e. The second-order valence-electron chi connectivity index (χ2n) is 9.66. The average molecular weight is 504 g/mol. The van der Waals surface area contributed by atoms with Crippen LogP contribution in [0, 0.1) is 5.92 Å². The first-order chi connectivity index (χ1) is 16.4. The zero-order valence-electron chi connectivity index (χ0n) is 19.9. The Morgan fingerprint density at radius 2 is 2.06 bits per heavy atom. The minimum Gasteiger partial charge on any atom is -0.389 e. The number of fused-ring (bicyclic) bond motifs is 1. The second kappa shape index (κ2) is 11.8. The first-order valence-electron chi connectivity index (χ1n) is 12.2. The summed E-state index contributed by atoms with van der Waals surface area (Å²) >= 11 is 7.64. The molecule has 0 bridgehead atoms. The lowest BCUT2D eigenvalue weighted by Gasteiger charge is -2.35. The monoisotopic (exact) mass is 503 g/mol. The first kappa shape index (κ1) is 25.3. The summed E-state index contributed by atoms with van der Waals surface area (Å²) < 4.78 is 5.67. The molecule has 34 heavy (non-hydrogen) atoms. The van der Waals surface area contributed by atoms with Crippen molar-refractivity contribution in [2.45, 2.75) is 64.6 Å². The SMILES string of the molecule is CC(C)COCC(O)CN(Cc1nc2scc(-c3cccc(Cl)c3)c2c(=O)[nH]1)C1CCCCC1. The van der Waals surface area contributed by atoms with Gasteiger partial charge in [0, 0.05) is 35.2 Å². The van der Waals surface area contributed by atoms with Crippen molar-refractivity contribution in [3.05, 3.63) is 50.8 Å². The first-order valence-corrected chi connectivity index (χ1v) is 13.4. The predicted molar refractivity (Wildman–Crippen MR) is 140 cm³/mol. The fourth-order valence-electron chi connectivity index (χ4n) is 4.68. The third-order valence-corrected chi connectivity index (χ3v) is 7.39. The molecule has 3 aromatic rings. The van der Waals surface area contributed by atoms with Crippen LogP contribution >= 0.6 is 22.9 Å². The molecule has 0 aliphatic heterocycles. The van der Waals surface area contributed by atoms with Crippen molar-refractivity contribution >= 4 is 33.2 Å². The van der Waals surface area contributed by atoms with Gasteiger partial charge < -0.3 is 14.8 Å². The van der Waals surface area contributed by atoms with Gasteiger partial charge >= 0.3 is 0 Å². The molecule has 0 saturated heterocycles. The maximum absolute atomic E-state index is 13.1. The largest absolute Gasteiger partial charge is 0.389 e. The number of hydrogen-bond donors (Lipinski definition) is 2. The lowest BCUT2D eigenvalue weighted by molar-refractivity contribution is -0.00502. The number of aliphatic hydroxyl groups excluding tert-OH is 1. The molecule has 2 heterocycles. The molecule has 1 atom stereocenters. The van der Waals surface area contributed by atoms with Crippen molar-refractivity contribution in [2.75, 3.05) is 19.8 Å². The van der Waals surface area contributed by atoms with Crippen LogP contribution in [0.4, 0.5) is 0 Å². The highest BCUT2D eigenvalue weighted by molar-refractivity contribution is 7.17. The molecule has 2 aromatic heterocycles. The third-order valence-electron chi connectivity index (χ3n) is 6.28. The number of H-pyrrole nitrogens is 1. The summed E-state index contributed by atoms with van der Waals surface area (Å²) in [5, 5.41) is 13.9. The number of aromatic nitrogens is 2. The van der Waals surface area contributed by atoms with E-state index in [0.717, 1.165) is 28.8 Å². The summed E-state index contributed by atoms with van der Waals surface area (Å²) in [5.74, 6) is 1.07. The number of halogens is 1. The summed E-state index contributed by atoms with van der Waals surface area (Å²) in [5.41, 5.74) is 1.62. The maximum atomic E-state index is 13.1. The molecule has 1 saturated carbocycles. The van der Waals surface area contributed by atoms with E-state index in [4.69, 9.17) is 21.3 Å². The number of nitrogens with one attached hydrogen (secondary N) is 1. The van der Waals surface area contributed by atoms with Crippen LogP contribution in [-0.2, 0) is 11.3 Å². The number of aliphatic hydroxyl groups is 1. The van der Waals surface area contributed by atoms with Crippen molar-refractivity contribution in [1.82, 2.24) is 14.9 Å². The summed E-state index contributed by atoms with van der Waals surface area (Å²) in [4.78, 5) is 23.9. The van der Waals surface area contributed by atoms with Gasteiger partial charge in [-0.2, -0.15) is 0 Å². The molecule has 1 fully saturated rings. The van der Waals surface area contributed by atoms with E-state index in [1.54, 1.807) is 0 Å². The van der Waals surface area contributed by atoms with Crippen LogP contribution in [0.1, 0.15) is 51.8 Å². The highest BCUT2D eigenvalue weighted by atomic mass is 35.5. The number of thiophene rings is 1. The molecular weight excluding hydrogens is 470 g/mol. The van der Waals surface area contributed by atoms with Gasteiger partial charge in [-0.15, -0.1) is 11.3 Å². The van der Waals surface area contributed by atoms with E-state index < -0.39 is 6.10 Å². The number of aromatic amines is 1. The molecule has 0 radical (unpaired) electrons. The van der Waals surface area contributed by atoms with E-state index in [1.165, 1.54) is 30.6 Å². The number of hydrogen-bond acceptors (Lipinski definition) is 6. The van der Waals surface area contributed by atoms with Crippen LogP contribution in [0.3, 0.4) is 0 Å². The molecule has 0 amide bonds. The third kappa shape index (κ3) is 6.46. The van der Waals surface area contributed by atoms with Crippen molar-refractivity contribution in [1.29, 1.82) is 0 Å². The Morgan fingerprint density at radius 1 is 1.26 bits per heavy atom. The second-order valence-corrected chi connectivity index (χ2v) is 11.0. The smallest absolute Gasteiger partial charge is 0.260 e. The lowest BCUT2D eigenvalue weighted by Crippen LogP contribution is -2.43. The van der Waals surface area contributed by atoms with Gasteiger partial charge in [0.25, 0.3) is 5.56 Å². The zero-order chi connectivity index (χ0) is 24.1. The molecule has 2 N–H and O–H groups in total. The molecule has 4 rings (SSSR count). The van der Waals surface area contributed by atoms with Gasteiger partial charge in [0.1, 0.15) is 10.7 Å². The van der Waals surface area contributed by atoms with Crippen LogP contribution in [0.15, 0.2) is 34.4 Å². The van der Waals surface area contributed by atoms with Crippen molar-refractivity contribution in [3.63, 3.8) is 0 Å². The van der Waals surface area contributed by atoms with Crippen molar-refractivity contribution in [2.24, 2.45) is 5.92 Å². The van der Waals surface area contributed by atoms with Gasteiger partial charge in [0.05, 0.1) is 24.6 Å². The normalized spacial score (nSPS) is 16.1. The summed E-state index contributed by atoms with van der Waals surface area (Å²) in [6.07, 6.45) is 5.27. The van der Waals surface area contributed by atoms with Gasteiger partial charge in [0.15, 0.2) is 0 Å². The predicted octanol–water partition coefficient (Wildman–Crippen LogP) is 5.47. The van der Waals surface area contributed by atoms with E-state index in [2.05, 4.69) is 23.7 Å². The molecule has 1 aromatic carbocycles. The van der Waals surface area contributed by atoms with Crippen LogP contribution in [0.5, 0.6) is 0 Å². The molecule has 0 spiro atoms. The highest BCUT2D eigenvalue weighted by Crippen LogP contribution is 2.32. The Balaban J connectivity index is 1.55. The Labute approximate surface area is 209 Å². The number of rotatable bonds is 10. The summed E-state index contributed by atoms with van der Waals surface area (Å²) in [6, 6.07) is 7.90. The van der Waals surface area contributed by atoms with Crippen molar-refractivity contribution in [3.8, 4) is 11.1 Å². The lowest BCUT2D eigenvalue weighted by atomic mass is 9.94. The molecule has 1 aliphatic carbocycles. The number of nitrogens with zero attached hydrogens (tertiary/aromatic N) is 2. The minimum absolute atomic E-state index is 0.138. The van der Waals surface area contributed by atoms with Gasteiger partial charge in [0.2, 0.25) is 0 Å². The molecule has 6 nitrogen and oxygen atoms in total. The van der Waals surface area contributed by atoms with Gasteiger partial charge in [-0.25, -0.2) is 4.98 Å². The number of ether oxygens (including phenoxy) is 1. The van der Waals surface area contributed by atoms with Crippen LogP contribution in [0.2, 0.25) is 5.02 Å². The zero-order valence-corrected chi connectivity index (χ0v) is 21.5. The molecule has 8 heteroatoms. The Bertz CT molecular complexity index is 1140. The standard InChI is InChI=1S/C26H34ClN3O3S/c1-17(2)14-33-15-21(31)12-30(20-9-4-3-5-10-20)13-23-28-25(32)24-22(16-34-26(24)29-23)18-7-6-8-19(27)11-18/h6-8,11,16-17,20-21,31H,3-5,9-10,12-15H2,1-2H3,(H,28,29,32). The summed E-state index contributed by atoms with van der Waals surface area (Å²) in [6.45, 7) is 6.16. The van der Waals surface area contributed by atoms with Crippen LogP contribution < -0.4 is 5.56 Å². The fourth-order valence-corrected chi connectivity index (χ4v) is 5.84. The van der Waals surface area contributed by atoms with Gasteiger partial charge in [-0.1, -0.05) is 56.8 Å². The van der Waals surface area contributed by atoms with Gasteiger partial charge in [-0.05, 0) is 36.5 Å². The average Bonchev–Trinajstić information content (AvgIpc) is 3.24. The molecular formula is C26H34ClN3O3S. The van der Waals surface area contributed by atoms with Gasteiger partial charge in [-0.3, -0.25) is 9.69 Å². The summed E-state index contributed by atoms with van der Waals surface area (Å²) in [7, 11) is 0. The topological polar surface area (TPSA) is 78.5 Å². The number of benzene rings is 1. The molecule has 184 valence electrons. The molecule has 1 aliphatic rings. The Kier molecular flexibility index (Phi) is 8.77. The molecule has 1 unspecified atom stereocenters. The quantitative estimate of drug-likeness (QED) is 0.383. The van der Waals surface area contributed by atoms with E-state index >= 15 is 0 Å². The fraction of sp³-hybridized carbons (Fsp3) is 0.538. The van der Waals surface area contributed by atoms with E-state index in [1.807, 2.05) is 29.6 Å². The highest BCUT2D eigenvalue weighted by Gasteiger charge is 2.25.